The lowest BCUT2D eigenvalue weighted by Gasteiger charge is -2.29. The molecule has 18 heavy (non-hydrogen) atoms. The number of rotatable bonds is 4. The molecule has 0 amide bonds. The van der Waals surface area contributed by atoms with Gasteiger partial charge in [0.2, 0.25) is 0 Å². The number of halogens is 2. The van der Waals surface area contributed by atoms with Crippen LogP contribution >= 0.6 is 11.6 Å². The Balaban J connectivity index is 1.77. The fourth-order valence-corrected chi connectivity index (χ4v) is 2.33. The zero-order valence-electron chi connectivity index (χ0n) is 10.1. The largest absolute Gasteiger partial charge is 0.491 e. The second kappa shape index (κ2) is 6.36. The van der Waals surface area contributed by atoms with Gasteiger partial charge < -0.3 is 9.84 Å². The summed E-state index contributed by atoms with van der Waals surface area (Å²) >= 11 is 5.86. The highest BCUT2D eigenvalue weighted by Crippen LogP contribution is 2.24. The van der Waals surface area contributed by atoms with Gasteiger partial charge in [-0.1, -0.05) is 11.6 Å². The van der Waals surface area contributed by atoms with Gasteiger partial charge in [0, 0.05) is 13.1 Å². The van der Waals surface area contributed by atoms with Crippen molar-refractivity contribution in [3.63, 3.8) is 0 Å². The highest BCUT2D eigenvalue weighted by atomic mass is 35.5. The lowest BCUT2D eigenvalue weighted by molar-refractivity contribution is 0.0633. The molecule has 1 fully saturated rings. The summed E-state index contributed by atoms with van der Waals surface area (Å²) in [7, 11) is 0. The highest BCUT2D eigenvalue weighted by molar-refractivity contribution is 6.32. The van der Waals surface area contributed by atoms with E-state index in [-0.39, 0.29) is 16.9 Å². The van der Waals surface area contributed by atoms with Gasteiger partial charge in [-0.2, -0.15) is 0 Å². The molecule has 1 aliphatic heterocycles. The van der Waals surface area contributed by atoms with E-state index in [9.17, 15) is 9.50 Å². The number of ether oxygens (including phenoxy) is 1. The first kappa shape index (κ1) is 13.6. The number of piperidine rings is 1. The Morgan fingerprint density at radius 2 is 2.33 bits per heavy atom. The summed E-state index contributed by atoms with van der Waals surface area (Å²) in [6.07, 6.45) is 1.66. The Morgan fingerprint density at radius 3 is 3.06 bits per heavy atom. The van der Waals surface area contributed by atoms with E-state index in [1.807, 2.05) is 0 Å². The fourth-order valence-electron chi connectivity index (χ4n) is 2.11. The molecule has 3 nitrogen and oxygen atoms in total. The van der Waals surface area contributed by atoms with Crippen molar-refractivity contribution >= 4 is 11.6 Å². The number of likely N-dealkylation sites (tertiary alicyclic amines) is 1. The van der Waals surface area contributed by atoms with Crippen LogP contribution in [0.15, 0.2) is 18.2 Å². The third kappa shape index (κ3) is 3.83. The van der Waals surface area contributed by atoms with E-state index in [0.717, 1.165) is 25.9 Å². The molecule has 0 radical (unpaired) electrons. The van der Waals surface area contributed by atoms with Gasteiger partial charge in [-0.3, -0.25) is 4.90 Å². The summed E-state index contributed by atoms with van der Waals surface area (Å²) in [5, 5.41) is 9.81. The number of aliphatic hydroxyl groups excluding tert-OH is 1. The average Bonchev–Trinajstić information content (AvgIpc) is 2.32. The van der Waals surface area contributed by atoms with E-state index in [0.29, 0.717) is 18.9 Å². The van der Waals surface area contributed by atoms with Crippen LogP contribution < -0.4 is 4.74 Å². The predicted octanol–water partition coefficient (Wildman–Crippen LogP) is 2.31. The maximum Gasteiger partial charge on any atom is 0.138 e. The number of aliphatic hydroxyl groups is 1. The SMILES string of the molecule is OC1CCCN(CCOc2ccc(F)cc2Cl)C1. The second-order valence-electron chi connectivity index (χ2n) is 4.52. The summed E-state index contributed by atoms with van der Waals surface area (Å²) in [6.45, 7) is 2.90. The van der Waals surface area contributed by atoms with E-state index in [1.165, 1.54) is 18.2 Å². The lowest BCUT2D eigenvalue weighted by Crippen LogP contribution is -2.40. The smallest absolute Gasteiger partial charge is 0.138 e. The van der Waals surface area contributed by atoms with Gasteiger partial charge in [0.15, 0.2) is 0 Å². The molecule has 0 saturated carbocycles. The minimum Gasteiger partial charge on any atom is -0.491 e. The zero-order chi connectivity index (χ0) is 13.0. The summed E-state index contributed by atoms with van der Waals surface area (Å²) in [5.41, 5.74) is 0. The van der Waals surface area contributed by atoms with E-state index in [1.54, 1.807) is 0 Å². The molecule has 0 bridgehead atoms. The van der Waals surface area contributed by atoms with Crippen molar-refractivity contribution < 1.29 is 14.2 Å². The summed E-state index contributed by atoms with van der Waals surface area (Å²) in [5.74, 6) is 0.127. The fraction of sp³-hybridized carbons (Fsp3) is 0.538. The molecule has 1 aromatic carbocycles. The minimum atomic E-state index is -0.369. The quantitative estimate of drug-likeness (QED) is 0.914. The van der Waals surface area contributed by atoms with Gasteiger partial charge in [-0.05, 0) is 37.6 Å². The van der Waals surface area contributed by atoms with E-state index in [4.69, 9.17) is 16.3 Å². The van der Waals surface area contributed by atoms with Gasteiger partial charge in [-0.15, -0.1) is 0 Å². The number of nitrogens with zero attached hydrogens (tertiary/aromatic N) is 1. The average molecular weight is 274 g/mol. The molecular formula is C13H17ClFNO2. The monoisotopic (exact) mass is 273 g/mol. The van der Waals surface area contributed by atoms with Crippen molar-refractivity contribution in [1.29, 1.82) is 0 Å². The highest BCUT2D eigenvalue weighted by Gasteiger charge is 2.17. The molecule has 1 saturated heterocycles. The molecule has 100 valence electrons. The van der Waals surface area contributed by atoms with Crippen LogP contribution in [0.2, 0.25) is 5.02 Å². The molecule has 1 aliphatic rings. The maximum absolute atomic E-state index is 12.8. The molecule has 0 aliphatic carbocycles. The predicted molar refractivity (Wildman–Crippen MR) is 68.6 cm³/mol. The Labute approximate surface area is 111 Å². The molecule has 1 heterocycles. The number of hydrogen-bond donors (Lipinski definition) is 1. The molecule has 1 atom stereocenters. The Morgan fingerprint density at radius 1 is 1.50 bits per heavy atom. The molecule has 1 N–H and O–H groups in total. The molecule has 5 heteroatoms. The van der Waals surface area contributed by atoms with Crippen molar-refractivity contribution in [1.82, 2.24) is 4.90 Å². The molecule has 0 aromatic heterocycles. The van der Waals surface area contributed by atoms with E-state index >= 15 is 0 Å². The van der Waals surface area contributed by atoms with Crippen LogP contribution in [-0.2, 0) is 0 Å². The molecule has 1 unspecified atom stereocenters. The van der Waals surface area contributed by atoms with Crippen LogP contribution in [0.25, 0.3) is 0 Å². The lowest BCUT2D eigenvalue weighted by atomic mass is 10.1. The maximum atomic E-state index is 12.8. The van der Waals surface area contributed by atoms with Crippen molar-refractivity contribution in [3.05, 3.63) is 29.0 Å². The molecule has 1 aromatic rings. The Kier molecular flexibility index (Phi) is 4.80. The van der Waals surface area contributed by atoms with Crippen LogP contribution in [0.5, 0.6) is 5.75 Å². The van der Waals surface area contributed by atoms with Crippen molar-refractivity contribution in [2.45, 2.75) is 18.9 Å². The van der Waals surface area contributed by atoms with Crippen LogP contribution in [0.3, 0.4) is 0 Å². The van der Waals surface area contributed by atoms with Gasteiger partial charge >= 0.3 is 0 Å². The van der Waals surface area contributed by atoms with Gasteiger partial charge in [-0.25, -0.2) is 4.39 Å². The Hall–Kier alpha value is -0.840. The van der Waals surface area contributed by atoms with E-state index in [2.05, 4.69) is 4.90 Å². The van der Waals surface area contributed by atoms with Gasteiger partial charge in [0.05, 0.1) is 11.1 Å². The Bertz CT molecular complexity index is 403. The number of β-amino-alcohol motifs (C(OH)–C–C–N with tert-alkyl or cyclic N) is 1. The number of benzene rings is 1. The van der Waals surface area contributed by atoms with E-state index < -0.39 is 0 Å². The third-order valence-electron chi connectivity index (χ3n) is 3.04. The topological polar surface area (TPSA) is 32.7 Å². The van der Waals surface area contributed by atoms with Gasteiger partial charge in [0.25, 0.3) is 0 Å². The summed E-state index contributed by atoms with van der Waals surface area (Å²) in [6, 6.07) is 4.09. The van der Waals surface area contributed by atoms with Crippen LogP contribution in [0.4, 0.5) is 4.39 Å². The molecular weight excluding hydrogens is 257 g/mol. The summed E-state index contributed by atoms with van der Waals surface area (Å²) < 4.78 is 18.3. The molecule has 0 spiro atoms. The van der Waals surface area contributed by atoms with Crippen LogP contribution in [0.1, 0.15) is 12.8 Å². The van der Waals surface area contributed by atoms with Gasteiger partial charge in [0.1, 0.15) is 18.2 Å². The van der Waals surface area contributed by atoms with Crippen molar-refractivity contribution in [3.8, 4) is 5.75 Å². The summed E-state index contributed by atoms with van der Waals surface area (Å²) in [4.78, 5) is 2.16. The first-order valence-electron chi connectivity index (χ1n) is 6.13. The third-order valence-corrected chi connectivity index (χ3v) is 3.34. The first-order chi connectivity index (χ1) is 8.65. The molecule has 2 rings (SSSR count). The first-order valence-corrected chi connectivity index (χ1v) is 6.51. The van der Waals surface area contributed by atoms with Crippen LogP contribution in [0, 0.1) is 5.82 Å². The normalized spacial score (nSPS) is 20.9. The standard InChI is InChI=1S/C13H17ClFNO2/c14-12-8-10(15)3-4-13(12)18-7-6-16-5-1-2-11(17)9-16/h3-4,8,11,17H,1-2,5-7,9H2. The second-order valence-corrected chi connectivity index (χ2v) is 4.93. The number of hydrogen-bond acceptors (Lipinski definition) is 3. The minimum absolute atomic E-state index is 0.229. The van der Waals surface area contributed by atoms with Crippen LogP contribution in [-0.4, -0.2) is 42.4 Å². The zero-order valence-corrected chi connectivity index (χ0v) is 10.9. The van der Waals surface area contributed by atoms with Crippen molar-refractivity contribution in [2.75, 3.05) is 26.2 Å². The van der Waals surface area contributed by atoms with Crippen molar-refractivity contribution in [2.24, 2.45) is 0 Å².